The molecule has 0 atom stereocenters. The van der Waals surface area contributed by atoms with Gasteiger partial charge in [-0.3, -0.25) is 0 Å². The maximum absolute atomic E-state index is 5.22. The Morgan fingerprint density at radius 3 is 1.55 bits per heavy atom. The van der Waals surface area contributed by atoms with Gasteiger partial charge in [0.2, 0.25) is 0 Å². The molecule has 0 fully saturated rings. The van der Waals surface area contributed by atoms with E-state index in [1.165, 1.54) is 102 Å². The van der Waals surface area contributed by atoms with Gasteiger partial charge < -0.3 is 9.47 Å². The molecule has 0 unspecified atom stereocenters. The van der Waals surface area contributed by atoms with Crippen molar-refractivity contribution in [3.8, 4) is 0 Å². The zero-order valence-corrected chi connectivity index (χ0v) is 19.2. The molecule has 2 heteroatoms. The van der Waals surface area contributed by atoms with Crippen molar-refractivity contribution >= 4 is 6.08 Å². The average Bonchev–Trinajstić information content (AvgIpc) is 2.76. The van der Waals surface area contributed by atoms with Gasteiger partial charge in [-0.05, 0) is 31.2 Å². The molecule has 0 spiro atoms. The van der Waals surface area contributed by atoms with Crippen LogP contribution in [0, 0.1) is 0 Å². The van der Waals surface area contributed by atoms with Crippen LogP contribution < -0.4 is 0 Å². The summed E-state index contributed by atoms with van der Waals surface area (Å²) < 4.78 is 10.4. The van der Waals surface area contributed by atoms with E-state index in [1.807, 2.05) is 0 Å². The van der Waals surface area contributed by atoms with E-state index in [1.54, 1.807) is 14.2 Å². The standard InChI is InChI=1S/C27H46O2/c1-28-27(29-2)25-21-16-14-12-10-8-6-4-3-5-7-9-11-13-15-18-22-26-23-19-17-20-24-26/h17-20,22-24,27H,3-16,21,25H2,1-2H3. The van der Waals surface area contributed by atoms with Crippen LogP contribution in [-0.4, -0.2) is 20.5 Å². The first-order valence-corrected chi connectivity index (χ1v) is 12.1. The number of ether oxygens (including phenoxy) is 2. The molecule has 29 heavy (non-hydrogen) atoms. The quantitative estimate of drug-likeness (QED) is 0.161. The van der Waals surface area contributed by atoms with Crippen molar-refractivity contribution in [3.63, 3.8) is 0 Å². The largest absolute Gasteiger partial charge is 0.356 e. The van der Waals surface area contributed by atoms with E-state index in [4.69, 9.17) is 9.47 Å². The molecule has 0 saturated heterocycles. The topological polar surface area (TPSA) is 18.5 Å². The Morgan fingerprint density at radius 2 is 1.07 bits per heavy atom. The van der Waals surface area contributed by atoms with Crippen molar-refractivity contribution < 1.29 is 9.47 Å². The van der Waals surface area contributed by atoms with E-state index < -0.39 is 0 Å². The predicted octanol–water partition coefficient (Wildman–Crippen LogP) is 8.56. The summed E-state index contributed by atoms with van der Waals surface area (Å²) in [6.07, 6.45) is 26.2. The predicted molar refractivity (Wildman–Crippen MR) is 127 cm³/mol. The first kappa shape index (κ1) is 25.9. The summed E-state index contributed by atoms with van der Waals surface area (Å²) in [4.78, 5) is 0. The summed E-state index contributed by atoms with van der Waals surface area (Å²) in [5.74, 6) is 0. The van der Waals surface area contributed by atoms with Gasteiger partial charge in [-0.1, -0.05) is 120 Å². The molecule has 1 rings (SSSR count). The Balaban J connectivity index is 1.73. The van der Waals surface area contributed by atoms with Gasteiger partial charge in [0.15, 0.2) is 6.29 Å². The monoisotopic (exact) mass is 402 g/mol. The molecule has 0 amide bonds. The van der Waals surface area contributed by atoms with Crippen LogP contribution in [0.15, 0.2) is 36.4 Å². The maximum atomic E-state index is 5.22. The molecule has 0 aliphatic carbocycles. The number of benzene rings is 1. The SMILES string of the molecule is COC(CCCCCCCCCCCCCCCCC=Cc1ccccc1)OC. The highest BCUT2D eigenvalue weighted by molar-refractivity contribution is 5.48. The van der Waals surface area contributed by atoms with Gasteiger partial charge in [-0.15, -0.1) is 0 Å². The second kappa shape index (κ2) is 20.2. The second-order valence-electron chi connectivity index (χ2n) is 8.24. The molecule has 1 aromatic rings. The number of methoxy groups -OCH3 is 2. The van der Waals surface area contributed by atoms with Gasteiger partial charge in [0.05, 0.1) is 0 Å². The molecule has 0 aliphatic heterocycles. The molecule has 2 nitrogen and oxygen atoms in total. The Morgan fingerprint density at radius 1 is 0.621 bits per heavy atom. The van der Waals surface area contributed by atoms with Crippen LogP contribution >= 0.6 is 0 Å². The third kappa shape index (κ3) is 16.4. The van der Waals surface area contributed by atoms with Crippen molar-refractivity contribution in [2.75, 3.05) is 14.2 Å². The lowest BCUT2D eigenvalue weighted by atomic mass is 10.0. The fourth-order valence-corrected chi connectivity index (χ4v) is 3.81. The Kier molecular flexibility index (Phi) is 18.0. The minimum Gasteiger partial charge on any atom is -0.356 e. The van der Waals surface area contributed by atoms with Crippen LogP contribution in [0.1, 0.15) is 108 Å². The highest BCUT2D eigenvalue weighted by Gasteiger charge is 2.03. The Bertz CT molecular complexity index is 465. The summed E-state index contributed by atoms with van der Waals surface area (Å²) in [5, 5.41) is 0. The molecule has 166 valence electrons. The number of unbranched alkanes of at least 4 members (excludes halogenated alkanes) is 14. The van der Waals surface area contributed by atoms with E-state index in [-0.39, 0.29) is 6.29 Å². The Labute approximate surface area is 181 Å². The minimum atomic E-state index is -0.00789. The lowest BCUT2D eigenvalue weighted by molar-refractivity contribution is -0.107. The lowest BCUT2D eigenvalue weighted by Crippen LogP contribution is -2.12. The molecular formula is C27H46O2. The van der Waals surface area contributed by atoms with Gasteiger partial charge in [-0.25, -0.2) is 0 Å². The van der Waals surface area contributed by atoms with Crippen molar-refractivity contribution in [2.24, 2.45) is 0 Å². The highest BCUT2D eigenvalue weighted by Crippen LogP contribution is 2.14. The van der Waals surface area contributed by atoms with Gasteiger partial charge in [0, 0.05) is 14.2 Å². The summed E-state index contributed by atoms with van der Waals surface area (Å²) in [6.45, 7) is 0. The van der Waals surface area contributed by atoms with Gasteiger partial charge >= 0.3 is 0 Å². The summed E-state index contributed by atoms with van der Waals surface area (Å²) >= 11 is 0. The zero-order valence-electron chi connectivity index (χ0n) is 19.2. The van der Waals surface area contributed by atoms with Crippen LogP contribution in [0.3, 0.4) is 0 Å². The minimum absolute atomic E-state index is 0.00789. The van der Waals surface area contributed by atoms with Crippen LogP contribution in [0.4, 0.5) is 0 Å². The Hall–Kier alpha value is -1.12. The lowest BCUT2D eigenvalue weighted by Gasteiger charge is -2.12. The molecule has 0 aliphatic rings. The molecule has 0 radical (unpaired) electrons. The van der Waals surface area contributed by atoms with E-state index in [0.717, 1.165) is 6.42 Å². The van der Waals surface area contributed by atoms with Gasteiger partial charge in [0.1, 0.15) is 0 Å². The van der Waals surface area contributed by atoms with E-state index in [0.29, 0.717) is 0 Å². The summed E-state index contributed by atoms with van der Waals surface area (Å²) in [7, 11) is 3.44. The molecule has 1 aromatic carbocycles. The van der Waals surface area contributed by atoms with Gasteiger partial charge in [0.25, 0.3) is 0 Å². The highest BCUT2D eigenvalue weighted by atomic mass is 16.7. The van der Waals surface area contributed by atoms with Crippen LogP contribution in [0.25, 0.3) is 6.08 Å². The summed E-state index contributed by atoms with van der Waals surface area (Å²) in [5.41, 5.74) is 1.31. The fraction of sp³-hybridized carbons (Fsp3) is 0.704. The average molecular weight is 403 g/mol. The third-order valence-corrected chi connectivity index (χ3v) is 5.70. The number of hydrogen-bond acceptors (Lipinski definition) is 2. The maximum Gasteiger partial charge on any atom is 0.156 e. The van der Waals surface area contributed by atoms with E-state index in [2.05, 4.69) is 42.5 Å². The second-order valence-corrected chi connectivity index (χ2v) is 8.24. The van der Waals surface area contributed by atoms with Crippen molar-refractivity contribution in [2.45, 2.75) is 109 Å². The zero-order chi connectivity index (χ0) is 20.8. The smallest absolute Gasteiger partial charge is 0.156 e. The molecular weight excluding hydrogens is 356 g/mol. The summed E-state index contributed by atoms with van der Waals surface area (Å²) in [6, 6.07) is 10.6. The van der Waals surface area contributed by atoms with Crippen LogP contribution in [0.5, 0.6) is 0 Å². The van der Waals surface area contributed by atoms with E-state index in [9.17, 15) is 0 Å². The third-order valence-electron chi connectivity index (χ3n) is 5.70. The normalized spacial score (nSPS) is 11.7. The number of rotatable bonds is 20. The number of hydrogen-bond donors (Lipinski definition) is 0. The molecule has 0 N–H and O–H groups in total. The van der Waals surface area contributed by atoms with Crippen molar-refractivity contribution in [1.29, 1.82) is 0 Å². The first-order chi connectivity index (χ1) is 14.4. The fourth-order valence-electron chi connectivity index (χ4n) is 3.81. The van der Waals surface area contributed by atoms with Crippen LogP contribution in [-0.2, 0) is 9.47 Å². The van der Waals surface area contributed by atoms with Crippen molar-refractivity contribution in [1.82, 2.24) is 0 Å². The molecule has 0 bridgehead atoms. The number of allylic oxidation sites excluding steroid dienone is 1. The molecule has 0 heterocycles. The molecule has 0 aromatic heterocycles. The molecule has 0 saturated carbocycles. The van der Waals surface area contributed by atoms with Gasteiger partial charge in [-0.2, -0.15) is 0 Å². The van der Waals surface area contributed by atoms with Crippen molar-refractivity contribution in [3.05, 3.63) is 42.0 Å². The first-order valence-electron chi connectivity index (χ1n) is 12.1. The van der Waals surface area contributed by atoms with Crippen LogP contribution in [0.2, 0.25) is 0 Å². The van der Waals surface area contributed by atoms with E-state index >= 15 is 0 Å².